The molecule has 1 aliphatic rings. The maximum Gasteiger partial charge on any atom is 0.349 e. The zero-order chi connectivity index (χ0) is 30.1. The number of nitrogens with two attached hydrogens (primary N) is 1. The van der Waals surface area contributed by atoms with E-state index in [2.05, 4.69) is 13.0 Å². The standard InChI is InChI=1S/C33H35ClN2O6/c1-4-5-6-7-8-15-39-28-14-9-22(17-30(28)38-3)32-25-12-10-24(18-29(25)42-33(36)26(32)19-35)41-31(37)20-40-23-11-13-27(34)21(2)16-23/h9-14,16-18,32H,4-8,15,20,36H2,1-3H3. The summed E-state index contributed by atoms with van der Waals surface area (Å²) in [6, 6.07) is 17.9. The fourth-order valence-corrected chi connectivity index (χ4v) is 4.84. The molecule has 220 valence electrons. The van der Waals surface area contributed by atoms with Crippen LogP contribution in [0.2, 0.25) is 5.02 Å². The van der Waals surface area contributed by atoms with Crippen LogP contribution in [-0.2, 0) is 4.79 Å². The number of allylic oxidation sites excluding steroid dienone is 1. The van der Waals surface area contributed by atoms with Crippen molar-refractivity contribution < 1.29 is 28.5 Å². The summed E-state index contributed by atoms with van der Waals surface area (Å²) < 4.78 is 28.4. The van der Waals surface area contributed by atoms with Crippen molar-refractivity contribution in [1.29, 1.82) is 5.26 Å². The molecule has 0 radical (unpaired) electrons. The minimum Gasteiger partial charge on any atom is -0.493 e. The van der Waals surface area contributed by atoms with Crippen molar-refractivity contribution >= 4 is 17.6 Å². The van der Waals surface area contributed by atoms with Crippen LogP contribution in [0.4, 0.5) is 0 Å². The van der Waals surface area contributed by atoms with E-state index in [1.807, 2.05) is 25.1 Å². The second-order valence-electron chi connectivity index (χ2n) is 9.97. The molecule has 42 heavy (non-hydrogen) atoms. The lowest BCUT2D eigenvalue weighted by molar-refractivity contribution is -0.136. The predicted octanol–water partition coefficient (Wildman–Crippen LogP) is 7.21. The van der Waals surface area contributed by atoms with Gasteiger partial charge >= 0.3 is 5.97 Å². The molecule has 0 spiro atoms. The van der Waals surface area contributed by atoms with Gasteiger partial charge in [0.05, 0.1) is 19.6 Å². The number of esters is 1. The SMILES string of the molecule is CCCCCCCOc1ccc(C2C(C#N)=C(N)Oc3cc(OC(=O)COc4ccc(Cl)c(C)c4)ccc32)cc1OC. The van der Waals surface area contributed by atoms with E-state index in [-0.39, 0.29) is 23.8 Å². The summed E-state index contributed by atoms with van der Waals surface area (Å²) in [6.45, 7) is 4.34. The Morgan fingerprint density at radius 1 is 1.00 bits per heavy atom. The first kappa shape index (κ1) is 30.6. The molecule has 0 aliphatic carbocycles. The number of ether oxygens (including phenoxy) is 5. The van der Waals surface area contributed by atoms with E-state index in [0.29, 0.717) is 40.2 Å². The molecule has 3 aromatic rings. The molecule has 1 unspecified atom stereocenters. The van der Waals surface area contributed by atoms with E-state index in [1.165, 1.54) is 19.3 Å². The maximum atomic E-state index is 12.5. The number of rotatable bonds is 13. The molecule has 2 N–H and O–H groups in total. The van der Waals surface area contributed by atoms with E-state index in [0.717, 1.165) is 24.0 Å². The number of methoxy groups -OCH3 is 1. The number of benzene rings is 3. The van der Waals surface area contributed by atoms with Crippen LogP contribution < -0.4 is 29.4 Å². The van der Waals surface area contributed by atoms with Crippen LogP contribution in [0.3, 0.4) is 0 Å². The largest absolute Gasteiger partial charge is 0.493 e. The van der Waals surface area contributed by atoms with Gasteiger partial charge in [0.25, 0.3) is 0 Å². The van der Waals surface area contributed by atoms with Crippen LogP contribution >= 0.6 is 11.6 Å². The lowest BCUT2D eigenvalue weighted by atomic mass is 9.83. The fraction of sp³-hybridized carbons (Fsp3) is 0.333. The molecule has 0 saturated carbocycles. The molecule has 0 saturated heterocycles. The molecule has 0 aromatic heterocycles. The Morgan fingerprint density at radius 3 is 2.52 bits per heavy atom. The number of nitriles is 1. The number of nitrogens with zero attached hydrogens (tertiary/aromatic N) is 1. The van der Waals surface area contributed by atoms with Gasteiger partial charge in [-0.05, 0) is 60.9 Å². The van der Waals surface area contributed by atoms with Gasteiger partial charge in [0.15, 0.2) is 18.1 Å². The van der Waals surface area contributed by atoms with Gasteiger partial charge in [-0.2, -0.15) is 5.26 Å². The molecule has 0 amide bonds. The molecule has 0 fully saturated rings. The maximum absolute atomic E-state index is 12.5. The van der Waals surface area contributed by atoms with E-state index < -0.39 is 11.9 Å². The molecule has 3 aromatic carbocycles. The van der Waals surface area contributed by atoms with E-state index in [1.54, 1.807) is 43.5 Å². The first-order chi connectivity index (χ1) is 20.3. The van der Waals surface area contributed by atoms with Crippen molar-refractivity contribution in [2.75, 3.05) is 20.3 Å². The van der Waals surface area contributed by atoms with E-state index >= 15 is 0 Å². The number of unbranched alkanes of at least 4 members (excludes halogenated alkanes) is 4. The summed E-state index contributed by atoms with van der Waals surface area (Å²) >= 11 is 6.04. The van der Waals surface area contributed by atoms with E-state index in [9.17, 15) is 10.1 Å². The number of hydrogen-bond donors (Lipinski definition) is 1. The van der Waals surface area contributed by atoms with Gasteiger partial charge in [-0.15, -0.1) is 0 Å². The third-order valence-electron chi connectivity index (χ3n) is 6.93. The summed E-state index contributed by atoms with van der Waals surface area (Å²) in [5, 5.41) is 10.6. The number of fused-ring (bicyclic) bond motifs is 1. The Bertz CT molecular complexity index is 1500. The fourth-order valence-electron chi connectivity index (χ4n) is 4.72. The van der Waals surface area contributed by atoms with Gasteiger partial charge in [0.1, 0.15) is 28.9 Å². The van der Waals surface area contributed by atoms with Crippen LogP contribution in [0.15, 0.2) is 66.1 Å². The molecular formula is C33H35ClN2O6. The summed E-state index contributed by atoms with van der Waals surface area (Å²) in [7, 11) is 1.58. The van der Waals surface area contributed by atoms with Crippen LogP contribution in [0, 0.1) is 18.3 Å². The number of hydrogen-bond acceptors (Lipinski definition) is 8. The normalized spacial score (nSPS) is 13.9. The van der Waals surface area contributed by atoms with Crippen molar-refractivity contribution in [3.63, 3.8) is 0 Å². The minimum atomic E-state index is -0.596. The quantitative estimate of drug-likeness (QED) is 0.126. The first-order valence-electron chi connectivity index (χ1n) is 14.0. The summed E-state index contributed by atoms with van der Waals surface area (Å²) in [4.78, 5) is 12.5. The highest BCUT2D eigenvalue weighted by Gasteiger charge is 2.32. The first-order valence-corrected chi connectivity index (χ1v) is 14.3. The van der Waals surface area contributed by atoms with Crippen LogP contribution in [-0.4, -0.2) is 26.3 Å². The predicted molar refractivity (Wildman–Crippen MR) is 160 cm³/mol. The molecule has 1 heterocycles. The Morgan fingerprint density at radius 2 is 1.79 bits per heavy atom. The third-order valence-corrected chi connectivity index (χ3v) is 7.36. The zero-order valence-corrected chi connectivity index (χ0v) is 24.8. The van der Waals surface area contributed by atoms with Crippen molar-refractivity contribution in [2.24, 2.45) is 5.73 Å². The summed E-state index contributed by atoms with van der Waals surface area (Å²) in [6.07, 6.45) is 5.71. The van der Waals surface area contributed by atoms with Crippen LogP contribution in [0.1, 0.15) is 61.6 Å². The van der Waals surface area contributed by atoms with Crippen molar-refractivity contribution in [1.82, 2.24) is 0 Å². The molecule has 8 nitrogen and oxygen atoms in total. The van der Waals surface area contributed by atoms with E-state index in [4.69, 9.17) is 41.0 Å². The highest BCUT2D eigenvalue weighted by Crippen LogP contribution is 2.45. The minimum absolute atomic E-state index is 0.0220. The topological polar surface area (TPSA) is 113 Å². The van der Waals surface area contributed by atoms with Gasteiger partial charge in [0.2, 0.25) is 5.88 Å². The molecular weight excluding hydrogens is 556 g/mol. The van der Waals surface area contributed by atoms with Gasteiger partial charge < -0.3 is 29.4 Å². The smallest absolute Gasteiger partial charge is 0.349 e. The Kier molecular flexibility index (Phi) is 10.6. The third kappa shape index (κ3) is 7.48. The van der Waals surface area contributed by atoms with Crippen molar-refractivity contribution in [3.8, 4) is 34.8 Å². The highest BCUT2D eigenvalue weighted by atomic mass is 35.5. The van der Waals surface area contributed by atoms with Crippen molar-refractivity contribution in [2.45, 2.75) is 51.9 Å². The highest BCUT2D eigenvalue weighted by molar-refractivity contribution is 6.31. The lowest BCUT2D eigenvalue weighted by Crippen LogP contribution is -2.22. The van der Waals surface area contributed by atoms with Crippen LogP contribution in [0.5, 0.6) is 28.7 Å². The second kappa shape index (κ2) is 14.5. The monoisotopic (exact) mass is 590 g/mol. The van der Waals surface area contributed by atoms with Gasteiger partial charge in [-0.1, -0.05) is 56.3 Å². The average Bonchev–Trinajstić information content (AvgIpc) is 2.98. The number of carbonyl (C=O) groups excluding carboxylic acids is 1. The summed E-state index contributed by atoms with van der Waals surface area (Å²) in [5.41, 5.74) is 8.76. The van der Waals surface area contributed by atoms with Gasteiger partial charge in [0, 0.05) is 16.7 Å². The molecule has 4 rings (SSSR count). The average molecular weight is 591 g/mol. The van der Waals surface area contributed by atoms with Crippen molar-refractivity contribution in [3.05, 3.63) is 87.8 Å². The Hall–Kier alpha value is -4.35. The molecule has 1 aliphatic heterocycles. The summed E-state index contributed by atoms with van der Waals surface area (Å²) in [5.74, 6) is 1.20. The zero-order valence-electron chi connectivity index (χ0n) is 24.1. The molecule has 9 heteroatoms. The number of carbonyl (C=O) groups is 1. The number of halogens is 1. The van der Waals surface area contributed by atoms with Gasteiger partial charge in [-0.25, -0.2) is 4.79 Å². The molecule has 1 atom stereocenters. The van der Waals surface area contributed by atoms with Crippen LogP contribution in [0.25, 0.3) is 0 Å². The van der Waals surface area contributed by atoms with Gasteiger partial charge in [-0.3, -0.25) is 0 Å². The molecule has 0 bridgehead atoms. The number of aryl methyl sites for hydroxylation is 1. The Labute approximate surface area is 251 Å². The Balaban J connectivity index is 1.49. The second-order valence-corrected chi connectivity index (χ2v) is 10.4. The lowest BCUT2D eigenvalue weighted by Gasteiger charge is -2.27.